The van der Waals surface area contributed by atoms with Crippen molar-refractivity contribution in [2.45, 2.75) is 13.8 Å². The fourth-order valence-electron chi connectivity index (χ4n) is 2.13. The molecular weight excluding hydrogens is 302 g/mol. The minimum Gasteiger partial charge on any atom is -0.423 e. The van der Waals surface area contributed by atoms with Crippen LogP contribution in [-0.2, 0) is 0 Å². The maximum atomic E-state index is 12.1. The first-order valence-electron chi connectivity index (χ1n) is 7.55. The second-order valence-corrected chi connectivity index (χ2v) is 5.45. The molecule has 0 bridgehead atoms. The lowest BCUT2D eigenvalue weighted by Gasteiger charge is -2.08. The summed E-state index contributed by atoms with van der Waals surface area (Å²) in [6.45, 7) is 3.88. The van der Waals surface area contributed by atoms with Gasteiger partial charge in [-0.1, -0.05) is 17.7 Å². The Labute approximate surface area is 140 Å². The topological polar surface area (TPSA) is 64.1 Å². The molecule has 0 amide bonds. The largest absolute Gasteiger partial charge is 0.423 e. The highest BCUT2D eigenvalue weighted by atomic mass is 16.5. The molecule has 2 aromatic carbocycles. The average molecular weight is 319 g/mol. The van der Waals surface area contributed by atoms with Gasteiger partial charge in [-0.05, 0) is 50.2 Å². The molecule has 1 aromatic heterocycles. The van der Waals surface area contributed by atoms with E-state index in [-0.39, 0.29) is 5.97 Å². The quantitative estimate of drug-likeness (QED) is 0.580. The second-order valence-electron chi connectivity index (χ2n) is 5.45. The van der Waals surface area contributed by atoms with Crippen LogP contribution in [0.5, 0.6) is 5.75 Å². The maximum Gasteiger partial charge on any atom is 0.343 e. The van der Waals surface area contributed by atoms with Crippen molar-refractivity contribution in [1.82, 2.24) is 9.97 Å². The van der Waals surface area contributed by atoms with E-state index in [0.29, 0.717) is 17.1 Å². The van der Waals surface area contributed by atoms with Gasteiger partial charge in [-0.3, -0.25) is 0 Å². The predicted octanol–water partition coefficient (Wildman–Crippen LogP) is 4.06. The van der Waals surface area contributed by atoms with Gasteiger partial charge < -0.3 is 10.1 Å². The lowest BCUT2D eigenvalue weighted by atomic mass is 10.1. The molecule has 3 aromatic rings. The van der Waals surface area contributed by atoms with Crippen LogP contribution in [0.2, 0.25) is 0 Å². The van der Waals surface area contributed by atoms with E-state index in [0.717, 1.165) is 16.9 Å². The molecule has 3 rings (SSSR count). The minimum absolute atomic E-state index is 0.373. The third kappa shape index (κ3) is 3.95. The van der Waals surface area contributed by atoms with Crippen molar-refractivity contribution in [2.75, 3.05) is 5.32 Å². The molecule has 1 N–H and O–H groups in total. The molecule has 0 radical (unpaired) electrons. The monoisotopic (exact) mass is 319 g/mol. The Morgan fingerprint density at radius 2 is 1.67 bits per heavy atom. The van der Waals surface area contributed by atoms with Gasteiger partial charge in [0.25, 0.3) is 0 Å². The fraction of sp³-hybridized carbons (Fsp3) is 0.105. The Hall–Kier alpha value is -3.21. The smallest absolute Gasteiger partial charge is 0.343 e. The molecule has 0 fully saturated rings. The Bertz CT molecular complexity index is 843. The first-order valence-corrected chi connectivity index (χ1v) is 7.55. The Kier molecular flexibility index (Phi) is 4.52. The van der Waals surface area contributed by atoms with E-state index >= 15 is 0 Å². The number of nitrogens with zero attached hydrogens (tertiary/aromatic N) is 2. The third-order valence-electron chi connectivity index (χ3n) is 3.43. The van der Waals surface area contributed by atoms with Crippen LogP contribution in [0.1, 0.15) is 21.6 Å². The van der Waals surface area contributed by atoms with Gasteiger partial charge in [0.1, 0.15) is 17.9 Å². The highest BCUT2D eigenvalue weighted by Crippen LogP contribution is 2.20. The average Bonchev–Trinajstić information content (AvgIpc) is 2.57. The lowest BCUT2D eigenvalue weighted by Crippen LogP contribution is -2.08. The Morgan fingerprint density at radius 3 is 2.33 bits per heavy atom. The van der Waals surface area contributed by atoms with Crippen LogP contribution in [0.25, 0.3) is 0 Å². The molecule has 0 unspecified atom stereocenters. The summed E-state index contributed by atoms with van der Waals surface area (Å²) < 4.78 is 5.37. The summed E-state index contributed by atoms with van der Waals surface area (Å²) in [4.78, 5) is 20.3. The zero-order valence-corrected chi connectivity index (χ0v) is 13.5. The van der Waals surface area contributed by atoms with Gasteiger partial charge >= 0.3 is 5.97 Å². The van der Waals surface area contributed by atoms with Crippen molar-refractivity contribution in [2.24, 2.45) is 0 Å². The number of carbonyl (C=O) groups excluding carboxylic acids is 1. The van der Waals surface area contributed by atoms with Gasteiger partial charge in [0.05, 0.1) is 5.56 Å². The first-order chi connectivity index (χ1) is 11.6. The number of anilines is 2. The van der Waals surface area contributed by atoms with Crippen LogP contribution < -0.4 is 10.1 Å². The second kappa shape index (κ2) is 6.91. The van der Waals surface area contributed by atoms with Gasteiger partial charge in [-0.25, -0.2) is 14.8 Å². The summed E-state index contributed by atoms with van der Waals surface area (Å²) in [5.41, 5.74) is 3.36. The number of nitrogens with one attached hydrogen (secondary N) is 1. The third-order valence-corrected chi connectivity index (χ3v) is 3.43. The van der Waals surface area contributed by atoms with Crippen LogP contribution in [0.4, 0.5) is 11.5 Å². The van der Waals surface area contributed by atoms with E-state index in [1.54, 1.807) is 24.3 Å². The van der Waals surface area contributed by atoms with E-state index in [4.69, 9.17) is 4.74 Å². The molecule has 0 saturated carbocycles. The van der Waals surface area contributed by atoms with Crippen LogP contribution >= 0.6 is 0 Å². The number of ether oxygens (including phenoxy) is 1. The van der Waals surface area contributed by atoms with Crippen LogP contribution in [0.3, 0.4) is 0 Å². The van der Waals surface area contributed by atoms with Crippen molar-refractivity contribution in [3.8, 4) is 5.75 Å². The number of aryl methyl sites for hydroxylation is 2. The maximum absolute atomic E-state index is 12.1. The van der Waals surface area contributed by atoms with Crippen LogP contribution in [0, 0.1) is 13.8 Å². The molecule has 120 valence electrons. The molecule has 1 heterocycles. The molecule has 0 aliphatic rings. The Balaban J connectivity index is 1.66. The van der Waals surface area contributed by atoms with E-state index in [1.807, 2.05) is 44.2 Å². The van der Waals surface area contributed by atoms with Crippen molar-refractivity contribution in [1.29, 1.82) is 0 Å². The summed E-state index contributed by atoms with van der Waals surface area (Å²) >= 11 is 0. The molecule has 0 atom stereocenters. The molecule has 5 heteroatoms. The Morgan fingerprint density at radius 1 is 0.958 bits per heavy atom. The number of rotatable bonds is 4. The number of carbonyl (C=O) groups is 1. The number of benzene rings is 2. The highest BCUT2D eigenvalue weighted by Gasteiger charge is 2.08. The number of aromatic nitrogens is 2. The first kappa shape index (κ1) is 15.7. The molecule has 5 nitrogen and oxygen atoms in total. The van der Waals surface area contributed by atoms with Gasteiger partial charge in [-0.15, -0.1) is 0 Å². The van der Waals surface area contributed by atoms with E-state index < -0.39 is 0 Å². The minimum atomic E-state index is -0.373. The fourth-order valence-corrected chi connectivity index (χ4v) is 2.13. The predicted molar refractivity (Wildman–Crippen MR) is 92.6 cm³/mol. The van der Waals surface area contributed by atoms with Crippen LogP contribution in [0.15, 0.2) is 60.9 Å². The standard InChI is InChI=1S/C19H17N3O2/c1-13-3-5-15(6-4-13)19(23)24-17-9-7-16(8-10-17)22-18-11-14(2)20-12-21-18/h3-12H,1-2H3,(H,20,21,22). The zero-order valence-electron chi connectivity index (χ0n) is 13.5. The number of hydrogen-bond acceptors (Lipinski definition) is 5. The van der Waals surface area contributed by atoms with Gasteiger partial charge in [-0.2, -0.15) is 0 Å². The summed E-state index contributed by atoms with van der Waals surface area (Å²) in [6, 6.07) is 16.3. The van der Waals surface area contributed by atoms with E-state index in [9.17, 15) is 4.79 Å². The zero-order chi connectivity index (χ0) is 16.9. The van der Waals surface area contributed by atoms with Gasteiger partial charge in [0, 0.05) is 17.4 Å². The van der Waals surface area contributed by atoms with Crippen molar-refractivity contribution in [3.63, 3.8) is 0 Å². The van der Waals surface area contributed by atoms with Crippen molar-refractivity contribution in [3.05, 3.63) is 77.7 Å². The van der Waals surface area contributed by atoms with Crippen molar-refractivity contribution >= 4 is 17.5 Å². The van der Waals surface area contributed by atoms with Crippen molar-refractivity contribution < 1.29 is 9.53 Å². The van der Waals surface area contributed by atoms with Gasteiger partial charge in [0.2, 0.25) is 0 Å². The summed E-state index contributed by atoms with van der Waals surface area (Å²) in [5.74, 6) is 0.832. The summed E-state index contributed by atoms with van der Waals surface area (Å²) in [5, 5.41) is 3.17. The van der Waals surface area contributed by atoms with Gasteiger partial charge in [0.15, 0.2) is 0 Å². The van der Waals surface area contributed by atoms with E-state index in [2.05, 4.69) is 15.3 Å². The molecule has 0 aliphatic carbocycles. The number of esters is 1. The normalized spacial score (nSPS) is 10.2. The molecular formula is C19H17N3O2. The SMILES string of the molecule is Cc1ccc(C(=O)Oc2ccc(Nc3cc(C)ncn3)cc2)cc1. The summed E-state index contributed by atoms with van der Waals surface area (Å²) in [7, 11) is 0. The van der Waals surface area contributed by atoms with Crippen LogP contribution in [-0.4, -0.2) is 15.9 Å². The summed E-state index contributed by atoms with van der Waals surface area (Å²) in [6.07, 6.45) is 1.51. The highest BCUT2D eigenvalue weighted by molar-refractivity contribution is 5.91. The molecule has 0 aliphatic heterocycles. The van der Waals surface area contributed by atoms with E-state index in [1.165, 1.54) is 6.33 Å². The lowest BCUT2D eigenvalue weighted by molar-refractivity contribution is 0.0735. The molecule has 0 saturated heterocycles. The molecule has 0 spiro atoms. The molecule has 24 heavy (non-hydrogen) atoms. The number of hydrogen-bond donors (Lipinski definition) is 1.